The molecule has 0 radical (unpaired) electrons. The van der Waals surface area contributed by atoms with Crippen molar-refractivity contribution in [2.75, 3.05) is 23.7 Å². The number of furan rings is 1. The van der Waals surface area contributed by atoms with Gasteiger partial charge in [0.05, 0.1) is 30.3 Å². The first-order valence-electron chi connectivity index (χ1n) is 12.7. The van der Waals surface area contributed by atoms with Gasteiger partial charge in [-0.05, 0) is 59.7 Å². The van der Waals surface area contributed by atoms with Crippen LogP contribution in [0.5, 0.6) is 0 Å². The molecule has 0 bridgehead atoms. The highest BCUT2D eigenvalue weighted by Crippen LogP contribution is 2.39. The summed E-state index contributed by atoms with van der Waals surface area (Å²) >= 11 is 6.25. The van der Waals surface area contributed by atoms with Crippen molar-refractivity contribution in [3.63, 3.8) is 0 Å². The first-order valence-corrected chi connectivity index (χ1v) is 13.0. The van der Waals surface area contributed by atoms with E-state index in [0.717, 1.165) is 24.3 Å². The highest BCUT2D eigenvalue weighted by molar-refractivity contribution is 6.35. The van der Waals surface area contributed by atoms with E-state index in [4.69, 9.17) is 16.0 Å². The largest absolute Gasteiger partial charge is 0.481 e. The predicted octanol–water partition coefficient (Wildman–Crippen LogP) is 4.88. The first kappa shape index (κ1) is 25.4. The van der Waals surface area contributed by atoms with Gasteiger partial charge in [-0.2, -0.15) is 0 Å². The number of carbonyl (C=O) groups is 3. The van der Waals surface area contributed by atoms with Crippen LogP contribution in [0, 0.1) is 0 Å². The molecule has 2 aliphatic rings. The molecule has 2 aliphatic heterocycles. The number of hydrogen-bond acceptors (Lipinski definition) is 7. The van der Waals surface area contributed by atoms with Crippen LogP contribution in [0.25, 0.3) is 11.0 Å². The van der Waals surface area contributed by atoms with Gasteiger partial charge in [0, 0.05) is 41.0 Å². The Kier molecular flexibility index (Phi) is 6.61. The average molecular weight is 558 g/mol. The number of carbonyl (C=O) groups excluding carboxylic acids is 2. The SMILES string of the molecule is O=C(O)CC(c1ccc(Cl)c2occc12)N1Cc2ccc(NC(=O)c3ccc(NC4=NCCN4)cc3)cc2C1=O. The lowest BCUT2D eigenvalue weighted by atomic mass is 9.98. The molecular formula is C29H24ClN5O5. The van der Waals surface area contributed by atoms with E-state index >= 15 is 0 Å². The molecule has 4 N–H and O–H groups in total. The van der Waals surface area contributed by atoms with Gasteiger partial charge in [0.1, 0.15) is 0 Å². The van der Waals surface area contributed by atoms with E-state index in [2.05, 4.69) is 20.9 Å². The number of carboxylic acid groups (broad SMARTS) is 1. The van der Waals surface area contributed by atoms with Gasteiger partial charge in [-0.1, -0.05) is 23.7 Å². The van der Waals surface area contributed by atoms with Gasteiger partial charge in [-0.3, -0.25) is 19.4 Å². The van der Waals surface area contributed by atoms with Crippen molar-refractivity contribution >= 4 is 57.7 Å². The molecule has 1 unspecified atom stereocenters. The number of nitrogens with one attached hydrogen (secondary N) is 3. The van der Waals surface area contributed by atoms with Gasteiger partial charge in [0.25, 0.3) is 11.8 Å². The Labute approximate surface area is 233 Å². The molecule has 0 saturated heterocycles. The lowest BCUT2D eigenvalue weighted by Crippen LogP contribution is -2.31. The Bertz CT molecular complexity index is 1680. The van der Waals surface area contributed by atoms with Crippen LogP contribution in [-0.4, -0.2) is 46.8 Å². The minimum absolute atomic E-state index is 0.233. The van der Waals surface area contributed by atoms with Gasteiger partial charge in [-0.15, -0.1) is 0 Å². The van der Waals surface area contributed by atoms with Crippen molar-refractivity contribution in [3.05, 3.63) is 94.2 Å². The standard InChI is InChI=1S/C29H24ClN5O5/c30-23-8-7-20(21-9-12-40-26(21)23)24(14-25(36)37)35-15-17-3-6-19(13-22(17)28(35)39)33-27(38)16-1-4-18(5-2-16)34-29-31-10-11-32-29/h1-9,12-13,24H,10-11,14-15H2,(H,33,38)(H,36,37)(H2,31,32,34). The van der Waals surface area contributed by atoms with Crippen LogP contribution in [0.15, 0.2) is 76.3 Å². The number of halogens is 1. The van der Waals surface area contributed by atoms with Crippen LogP contribution in [-0.2, 0) is 11.3 Å². The lowest BCUT2D eigenvalue weighted by molar-refractivity contribution is -0.138. The molecule has 11 heteroatoms. The summed E-state index contributed by atoms with van der Waals surface area (Å²) in [4.78, 5) is 44.1. The van der Waals surface area contributed by atoms with Crippen LogP contribution in [0.3, 0.4) is 0 Å². The molecule has 40 heavy (non-hydrogen) atoms. The molecule has 2 amide bonds. The summed E-state index contributed by atoms with van der Waals surface area (Å²) < 4.78 is 5.49. The highest BCUT2D eigenvalue weighted by atomic mass is 35.5. The predicted molar refractivity (Wildman–Crippen MR) is 151 cm³/mol. The van der Waals surface area contributed by atoms with Crippen molar-refractivity contribution in [1.82, 2.24) is 10.2 Å². The number of fused-ring (bicyclic) bond motifs is 2. The highest BCUT2D eigenvalue weighted by Gasteiger charge is 2.36. The maximum Gasteiger partial charge on any atom is 0.305 e. The zero-order valence-corrected chi connectivity index (χ0v) is 21.9. The molecule has 3 heterocycles. The van der Waals surface area contributed by atoms with Gasteiger partial charge in [-0.25, -0.2) is 0 Å². The van der Waals surface area contributed by atoms with Crippen LogP contribution < -0.4 is 16.0 Å². The van der Waals surface area contributed by atoms with Crippen LogP contribution in [0.4, 0.5) is 11.4 Å². The Hall–Kier alpha value is -4.83. The third kappa shape index (κ3) is 4.85. The van der Waals surface area contributed by atoms with E-state index in [0.29, 0.717) is 44.3 Å². The molecule has 0 spiro atoms. The number of anilines is 2. The van der Waals surface area contributed by atoms with E-state index in [1.54, 1.807) is 60.7 Å². The summed E-state index contributed by atoms with van der Waals surface area (Å²) in [5.41, 5.74) is 3.95. The zero-order valence-electron chi connectivity index (χ0n) is 21.1. The molecule has 1 atom stereocenters. The van der Waals surface area contributed by atoms with Crippen molar-refractivity contribution in [1.29, 1.82) is 0 Å². The summed E-state index contributed by atoms with van der Waals surface area (Å²) in [5, 5.41) is 19.9. The summed E-state index contributed by atoms with van der Waals surface area (Å²) in [6, 6.07) is 16.5. The van der Waals surface area contributed by atoms with Crippen molar-refractivity contribution in [3.8, 4) is 0 Å². The quantitative estimate of drug-likeness (QED) is 0.254. The second kappa shape index (κ2) is 10.4. The molecule has 6 rings (SSSR count). The van der Waals surface area contributed by atoms with E-state index in [-0.39, 0.29) is 24.8 Å². The number of hydrogen-bond donors (Lipinski definition) is 4. The second-order valence-electron chi connectivity index (χ2n) is 9.53. The number of benzene rings is 3. The Balaban J connectivity index is 1.21. The molecule has 4 aromatic rings. The van der Waals surface area contributed by atoms with E-state index in [1.165, 1.54) is 11.2 Å². The van der Waals surface area contributed by atoms with E-state index in [1.807, 2.05) is 0 Å². The second-order valence-corrected chi connectivity index (χ2v) is 9.94. The minimum Gasteiger partial charge on any atom is -0.481 e. The number of guanidine groups is 1. The first-order chi connectivity index (χ1) is 19.4. The minimum atomic E-state index is -1.04. The number of amides is 2. The fraction of sp³-hybridized carbons (Fsp3) is 0.172. The van der Waals surface area contributed by atoms with Gasteiger partial charge < -0.3 is 30.4 Å². The van der Waals surface area contributed by atoms with Crippen LogP contribution in [0.1, 0.15) is 44.3 Å². The van der Waals surface area contributed by atoms with Crippen molar-refractivity contribution in [2.45, 2.75) is 19.0 Å². The number of aliphatic carboxylic acids is 1. The smallest absolute Gasteiger partial charge is 0.305 e. The Morgan fingerprint density at radius 3 is 2.65 bits per heavy atom. The maximum absolute atomic E-state index is 13.6. The molecule has 202 valence electrons. The Morgan fingerprint density at radius 2 is 1.90 bits per heavy atom. The monoisotopic (exact) mass is 557 g/mol. The topological polar surface area (TPSA) is 136 Å². The number of rotatable bonds is 7. The van der Waals surface area contributed by atoms with Crippen LogP contribution in [0.2, 0.25) is 5.02 Å². The lowest BCUT2D eigenvalue weighted by Gasteiger charge is -2.27. The van der Waals surface area contributed by atoms with Crippen LogP contribution >= 0.6 is 11.6 Å². The van der Waals surface area contributed by atoms with E-state index < -0.39 is 12.0 Å². The molecule has 0 saturated carbocycles. The Morgan fingerprint density at radius 1 is 1.10 bits per heavy atom. The number of carboxylic acids is 1. The fourth-order valence-electron chi connectivity index (χ4n) is 5.07. The third-order valence-corrected chi connectivity index (χ3v) is 7.29. The average Bonchev–Trinajstić information content (AvgIpc) is 3.70. The summed E-state index contributed by atoms with van der Waals surface area (Å²) in [6.07, 6.45) is 1.19. The molecule has 0 fully saturated rings. The van der Waals surface area contributed by atoms with Gasteiger partial charge in [0.2, 0.25) is 0 Å². The van der Waals surface area contributed by atoms with Crippen molar-refractivity contribution < 1.29 is 23.9 Å². The number of nitrogens with zero attached hydrogens (tertiary/aromatic N) is 2. The van der Waals surface area contributed by atoms with E-state index in [9.17, 15) is 19.5 Å². The zero-order chi connectivity index (χ0) is 27.8. The third-order valence-electron chi connectivity index (χ3n) is 6.99. The molecule has 10 nitrogen and oxygen atoms in total. The number of aliphatic imine (C=N–C) groups is 1. The summed E-state index contributed by atoms with van der Waals surface area (Å²) in [7, 11) is 0. The summed E-state index contributed by atoms with van der Waals surface area (Å²) in [5.74, 6) is -0.980. The van der Waals surface area contributed by atoms with Gasteiger partial charge in [0.15, 0.2) is 11.5 Å². The molecule has 1 aromatic heterocycles. The fourth-order valence-corrected chi connectivity index (χ4v) is 5.28. The summed E-state index contributed by atoms with van der Waals surface area (Å²) in [6.45, 7) is 1.75. The van der Waals surface area contributed by atoms with Crippen molar-refractivity contribution in [2.24, 2.45) is 4.99 Å². The molecule has 0 aliphatic carbocycles. The molecular weight excluding hydrogens is 534 g/mol. The van der Waals surface area contributed by atoms with Gasteiger partial charge >= 0.3 is 5.97 Å². The molecule has 3 aromatic carbocycles. The maximum atomic E-state index is 13.6. The normalized spacial score (nSPS) is 15.0.